The molecule has 0 saturated heterocycles. The first-order chi connectivity index (χ1) is 8.69. The average Bonchev–Trinajstić information content (AvgIpc) is 2.34. The number of ether oxygens (including phenoxy) is 1. The van der Waals surface area contributed by atoms with E-state index in [-0.39, 0.29) is 0 Å². The van der Waals surface area contributed by atoms with Gasteiger partial charge in [-0.15, -0.1) is 0 Å². The molecule has 0 fully saturated rings. The summed E-state index contributed by atoms with van der Waals surface area (Å²) in [7, 11) is 0. The molecule has 2 aromatic rings. The Balaban J connectivity index is 2.25. The van der Waals surface area contributed by atoms with Crippen LogP contribution < -0.4 is 10.1 Å². The quantitative estimate of drug-likeness (QED) is 0.852. The number of hydrogen-bond acceptors (Lipinski definition) is 4. The van der Waals surface area contributed by atoms with Crippen molar-refractivity contribution in [2.24, 2.45) is 0 Å². The lowest BCUT2D eigenvalue weighted by molar-refractivity contribution is 0.458. The van der Waals surface area contributed by atoms with Crippen LogP contribution in [0, 0.1) is 10.5 Å². The van der Waals surface area contributed by atoms with Crippen LogP contribution in [0.3, 0.4) is 0 Å². The molecule has 0 bridgehead atoms. The van der Waals surface area contributed by atoms with Crippen molar-refractivity contribution < 1.29 is 4.74 Å². The third kappa shape index (κ3) is 3.32. The van der Waals surface area contributed by atoms with Gasteiger partial charge >= 0.3 is 0 Å². The Bertz CT molecular complexity index is 546. The number of halogens is 1. The molecule has 0 aliphatic carbocycles. The Hall–Kier alpha value is -1.37. The molecule has 0 atom stereocenters. The number of nitrogens with one attached hydrogen (secondary N) is 1. The van der Waals surface area contributed by atoms with Crippen LogP contribution >= 0.6 is 22.6 Å². The molecule has 0 unspecified atom stereocenters. The van der Waals surface area contributed by atoms with Crippen LogP contribution in [0.15, 0.2) is 30.5 Å². The van der Waals surface area contributed by atoms with Gasteiger partial charge in [0.2, 0.25) is 11.8 Å². The Kier molecular flexibility index (Phi) is 4.35. The van der Waals surface area contributed by atoms with E-state index in [1.165, 1.54) is 0 Å². The van der Waals surface area contributed by atoms with Gasteiger partial charge in [0.25, 0.3) is 0 Å². The summed E-state index contributed by atoms with van der Waals surface area (Å²) in [4.78, 5) is 8.52. The smallest absolute Gasteiger partial charge is 0.226 e. The number of aromatic nitrogens is 2. The number of rotatable bonds is 4. The van der Waals surface area contributed by atoms with Gasteiger partial charge in [-0.3, -0.25) is 0 Å². The standard InChI is InChI=1S/C13H14IN3O/c1-3-15-13-16-8-9(2)12(17-13)18-11-6-4-5-10(14)7-11/h4-8H,3H2,1-2H3,(H,15,16,17). The summed E-state index contributed by atoms with van der Waals surface area (Å²) in [5.41, 5.74) is 0.913. The first-order valence-electron chi connectivity index (χ1n) is 5.70. The highest BCUT2D eigenvalue weighted by Crippen LogP contribution is 2.24. The molecule has 0 aliphatic heterocycles. The minimum Gasteiger partial charge on any atom is -0.439 e. The minimum atomic E-state index is 0.586. The maximum atomic E-state index is 5.78. The molecule has 5 heteroatoms. The van der Waals surface area contributed by atoms with Gasteiger partial charge in [0.15, 0.2) is 0 Å². The van der Waals surface area contributed by atoms with E-state index in [4.69, 9.17) is 4.74 Å². The van der Waals surface area contributed by atoms with E-state index in [1.54, 1.807) is 6.20 Å². The normalized spacial score (nSPS) is 10.2. The topological polar surface area (TPSA) is 47.0 Å². The van der Waals surface area contributed by atoms with E-state index in [0.29, 0.717) is 11.8 Å². The minimum absolute atomic E-state index is 0.586. The monoisotopic (exact) mass is 355 g/mol. The number of benzene rings is 1. The second-order valence-corrected chi connectivity index (χ2v) is 5.02. The summed E-state index contributed by atoms with van der Waals surface area (Å²) in [6, 6.07) is 7.86. The predicted molar refractivity (Wildman–Crippen MR) is 80.2 cm³/mol. The number of anilines is 1. The molecule has 1 heterocycles. The van der Waals surface area contributed by atoms with Crippen LogP contribution in [-0.2, 0) is 0 Å². The molecule has 1 N–H and O–H groups in total. The van der Waals surface area contributed by atoms with Crippen molar-refractivity contribution >= 4 is 28.5 Å². The van der Waals surface area contributed by atoms with E-state index in [2.05, 4.69) is 37.9 Å². The fraction of sp³-hybridized carbons (Fsp3) is 0.231. The predicted octanol–water partition coefficient (Wildman–Crippen LogP) is 3.61. The van der Waals surface area contributed by atoms with Crippen molar-refractivity contribution in [2.75, 3.05) is 11.9 Å². The third-order valence-electron chi connectivity index (χ3n) is 2.27. The van der Waals surface area contributed by atoms with Crippen molar-refractivity contribution in [3.8, 4) is 11.6 Å². The molecule has 4 nitrogen and oxygen atoms in total. The van der Waals surface area contributed by atoms with Crippen molar-refractivity contribution in [3.63, 3.8) is 0 Å². The van der Waals surface area contributed by atoms with E-state index in [0.717, 1.165) is 21.4 Å². The molecule has 0 saturated carbocycles. The van der Waals surface area contributed by atoms with Gasteiger partial charge in [0.05, 0.1) is 0 Å². The van der Waals surface area contributed by atoms with Crippen LogP contribution in [0.2, 0.25) is 0 Å². The maximum absolute atomic E-state index is 5.78. The Labute approximate surface area is 120 Å². The van der Waals surface area contributed by atoms with Crippen molar-refractivity contribution in [1.82, 2.24) is 9.97 Å². The molecule has 18 heavy (non-hydrogen) atoms. The number of nitrogens with zero attached hydrogens (tertiary/aromatic N) is 2. The van der Waals surface area contributed by atoms with Crippen LogP contribution in [0.25, 0.3) is 0 Å². The summed E-state index contributed by atoms with van der Waals surface area (Å²) in [5, 5.41) is 3.07. The second kappa shape index (κ2) is 5.99. The van der Waals surface area contributed by atoms with E-state index in [9.17, 15) is 0 Å². The highest BCUT2D eigenvalue weighted by Gasteiger charge is 2.06. The molecular weight excluding hydrogens is 341 g/mol. The van der Waals surface area contributed by atoms with Crippen molar-refractivity contribution in [3.05, 3.63) is 39.6 Å². The van der Waals surface area contributed by atoms with Gasteiger partial charge in [0, 0.05) is 21.9 Å². The molecule has 0 amide bonds. The van der Waals surface area contributed by atoms with Crippen molar-refractivity contribution in [2.45, 2.75) is 13.8 Å². The zero-order valence-electron chi connectivity index (χ0n) is 10.3. The number of hydrogen-bond donors (Lipinski definition) is 1. The van der Waals surface area contributed by atoms with Gasteiger partial charge in [0.1, 0.15) is 5.75 Å². The molecule has 1 aromatic carbocycles. The lowest BCUT2D eigenvalue weighted by atomic mass is 10.3. The molecule has 0 radical (unpaired) electrons. The van der Waals surface area contributed by atoms with E-state index < -0.39 is 0 Å². The summed E-state index contributed by atoms with van der Waals surface area (Å²) in [5.74, 6) is 1.96. The highest BCUT2D eigenvalue weighted by atomic mass is 127. The van der Waals surface area contributed by atoms with Gasteiger partial charge < -0.3 is 10.1 Å². The van der Waals surface area contributed by atoms with Crippen LogP contribution in [0.5, 0.6) is 11.6 Å². The van der Waals surface area contributed by atoms with Crippen LogP contribution in [0.4, 0.5) is 5.95 Å². The van der Waals surface area contributed by atoms with Crippen LogP contribution in [-0.4, -0.2) is 16.5 Å². The first kappa shape index (κ1) is 13.1. The SMILES string of the molecule is CCNc1ncc(C)c(Oc2cccc(I)c2)n1. The zero-order chi connectivity index (χ0) is 13.0. The molecule has 0 aliphatic rings. The fourth-order valence-electron chi connectivity index (χ4n) is 1.42. The zero-order valence-corrected chi connectivity index (χ0v) is 12.4. The second-order valence-electron chi connectivity index (χ2n) is 3.77. The lowest BCUT2D eigenvalue weighted by Gasteiger charge is -2.09. The van der Waals surface area contributed by atoms with Gasteiger partial charge in [-0.2, -0.15) is 4.98 Å². The molecular formula is C13H14IN3O. The Morgan fingerprint density at radius 3 is 2.94 bits per heavy atom. The maximum Gasteiger partial charge on any atom is 0.226 e. The third-order valence-corrected chi connectivity index (χ3v) is 2.94. The van der Waals surface area contributed by atoms with Gasteiger partial charge in [-0.05, 0) is 54.6 Å². The summed E-state index contributed by atoms with van der Waals surface area (Å²) >= 11 is 2.25. The summed E-state index contributed by atoms with van der Waals surface area (Å²) < 4.78 is 6.91. The highest BCUT2D eigenvalue weighted by molar-refractivity contribution is 14.1. The number of aryl methyl sites for hydroxylation is 1. The fourth-order valence-corrected chi connectivity index (χ4v) is 1.93. The first-order valence-corrected chi connectivity index (χ1v) is 6.78. The summed E-state index contributed by atoms with van der Waals surface area (Å²) in [6.07, 6.45) is 1.76. The van der Waals surface area contributed by atoms with Crippen LogP contribution in [0.1, 0.15) is 12.5 Å². The average molecular weight is 355 g/mol. The van der Waals surface area contributed by atoms with Crippen molar-refractivity contribution in [1.29, 1.82) is 0 Å². The van der Waals surface area contributed by atoms with Gasteiger partial charge in [-0.1, -0.05) is 6.07 Å². The largest absolute Gasteiger partial charge is 0.439 e. The molecule has 94 valence electrons. The van der Waals surface area contributed by atoms with E-state index >= 15 is 0 Å². The lowest BCUT2D eigenvalue weighted by Crippen LogP contribution is -2.03. The Morgan fingerprint density at radius 1 is 1.39 bits per heavy atom. The summed E-state index contributed by atoms with van der Waals surface area (Å²) in [6.45, 7) is 4.72. The molecule has 1 aromatic heterocycles. The van der Waals surface area contributed by atoms with Gasteiger partial charge in [-0.25, -0.2) is 4.98 Å². The van der Waals surface area contributed by atoms with E-state index in [1.807, 2.05) is 38.1 Å². The molecule has 2 rings (SSSR count). The Morgan fingerprint density at radius 2 is 2.22 bits per heavy atom. The molecule has 0 spiro atoms.